The normalized spacial score (nSPS) is 18.0. The highest BCUT2D eigenvalue weighted by molar-refractivity contribution is 7.99. The Bertz CT molecular complexity index is 445. The lowest BCUT2D eigenvalue weighted by Crippen LogP contribution is -2.46. The Morgan fingerprint density at radius 3 is 2.70 bits per heavy atom. The predicted octanol–water partition coefficient (Wildman–Crippen LogP) is 3.68. The van der Waals surface area contributed by atoms with E-state index in [0.29, 0.717) is 6.04 Å². The van der Waals surface area contributed by atoms with Gasteiger partial charge in [0.1, 0.15) is 0 Å². The third-order valence-electron chi connectivity index (χ3n) is 3.94. The number of nitrogens with one attached hydrogen (secondary N) is 1. The molecule has 1 fully saturated rings. The summed E-state index contributed by atoms with van der Waals surface area (Å²) in [5, 5.41) is 13.2. The fraction of sp³-hybridized carbons (Fsp3) is 0.647. The molecule has 0 spiro atoms. The highest BCUT2D eigenvalue weighted by Gasteiger charge is 2.31. The molecule has 2 nitrogen and oxygen atoms in total. The molecular formula is C17H27NOS. The fourth-order valence-corrected chi connectivity index (χ4v) is 3.48. The van der Waals surface area contributed by atoms with Crippen molar-refractivity contribution in [3.8, 4) is 0 Å². The predicted molar refractivity (Wildman–Crippen MR) is 87.5 cm³/mol. The maximum absolute atomic E-state index is 9.58. The van der Waals surface area contributed by atoms with Crippen LogP contribution in [0.15, 0.2) is 23.1 Å². The molecule has 1 aliphatic carbocycles. The molecule has 1 saturated carbocycles. The van der Waals surface area contributed by atoms with Gasteiger partial charge in [0.15, 0.2) is 0 Å². The number of benzene rings is 1. The molecule has 0 saturated heterocycles. The minimum absolute atomic E-state index is 0.0932. The van der Waals surface area contributed by atoms with Crippen molar-refractivity contribution < 1.29 is 5.11 Å². The molecule has 0 bridgehead atoms. The van der Waals surface area contributed by atoms with Crippen LogP contribution in [-0.2, 0) is 0 Å². The number of aryl methyl sites for hydroxylation is 2. The molecular weight excluding hydrogens is 266 g/mol. The van der Waals surface area contributed by atoms with Crippen LogP contribution in [0.25, 0.3) is 0 Å². The van der Waals surface area contributed by atoms with Crippen molar-refractivity contribution in [2.24, 2.45) is 0 Å². The van der Waals surface area contributed by atoms with Crippen LogP contribution in [0.3, 0.4) is 0 Å². The molecule has 0 heterocycles. The van der Waals surface area contributed by atoms with E-state index in [2.05, 4.69) is 44.3 Å². The first-order valence-corrected chi connectivity index (χ1v) is 8.59. The number of hydrogen-bond acceptors (Lipinski definition) is 3. The Morgan fingerprint density at radius 1 is 1.35 bits per heavy atom. The van der Waals surface area contributed by atoms with E-state index in [1.165, 1.54) is 28.9 Å². The van der Waals surface area contributed by atoms with Crippen molar-refractivity contribution in [3.63, 3.8) is 0 Å². The molecule has 1 atom stereocenters. The average molecular weight is 293 g/mol. The highest BCUT2D eigenvalue weighted by atomic mass is 32.2. The second kappa shape index (κ2) is 6.97. The monoisotopic (exact) mass is 293 g/mol. The second-order valence-electron chi connectivity index (χ2n) is 6.36. The van der Waals surface area contributed by atoms with Crippen molar-refractivity contribution in [1.29, 1.82) is 0 Å². The number of thioether (sulfide) groups is 1. The van der Waals surface area contributed by atoms with Crippen molar-refractivity contribution >= 4 is 11.8 Å². The van der Waals surface area contributed by atoms with E-state index in [1.807, 2.05) is 11.8 Å². The maximum Gasteiger partial charge on any atom is 0.0610 e. The van der Waals surface area contributed by atoms with Crippen LogP contribution in [-0.4, -0.2) is 29.0 Å². The molecule has 0 amide bonds. The van der Waals surface area contributed by atoms with Gasteiger partial charge in [0.25, 0.3) is 0 Å². The van der Waals surface area contributed by atoms with E-state index in [1.54, 1.807) is 0 Å². The third kappa shape index (κ3) is 4.80. The SMILES string of the molecule is Cc1ccc(SCCCC(C)(CO)NC2CC2)c(C)c1. The summed E-state index contributed by atoms with van der Waals surface area (Å²) in [4.78, 5) is 1.39. The molecule has 2 rings (SSSR count). The smallest absolute Gasteiger partial charge is 0.0610 e. The first-order valence-electron chi connectivity index (χ1n) is 7.61. The molecule has 1 aliphatic rings. The van der Waals surface area contributed by atoms with Gasteiger partial charge in [-0.15, -0.1) is 11.8 Å². The molecule has 0 aliphatic heterocycles. The second-order valence-corrected chi connectivity index (χ2v) is 7.50. The third-order valence-corrected chi connectivity index (χ3v) is 5.20. The standard InChI is InChI=1S/C17H27NOS/c1-13-5-8-16(14(2)11-13)20-10-4-9-17(3,12-19)18-15-6-7-15/h5,8,11,15,18-19H,4,6-7,9-10,12H2,1-3H3. The van der Waals surface area contributed by atoms with Crippen molar-refractivity contribution in [1.82, 2.24) is 5.32 Å². The maximum atomic E-state index is 9.58. The van der Waals surface area contributed by atoms with Crippen LogP contribution in [0.4, 0.5) is 0 Å². The minimum atomic E-state index is -0.0932. The number of aliphatic hydroxyl groups excluding tert-OH is 1. The van der Waals surface area contributed by atoms with Crippen LogP contribution >= 0.6 is 11.8 Å². The van der Waals surface area contributed by atoms with Crippen molar-refractivity contribution in [2.45, 2.75) is 62.9 Å². The van der Waals surface area contributed by atoms with Crippen LogP contribution in [0.2, 0.25) is 0 Å². The summed E-state index contributed by atoms with van der Waals surface area (Å²) in [6, 6.07) is 7.30. The Hall–Kier alpha value is -0.510. The highest BCUT2D eigenvalue weighted by Crippen LogP contribution is 2.27. The first-order chi connectivity index (χ1) is 9.52. The van der Waals surface area contributed by atoms with E-state index in [4.69, 9.17) is 0 Å². The summed E-state index contributed by atoms with van der Waals surface area (Å²) < 4.78 is 0. The molecule has 1 unspecified atom stereocenters. The summed E-state index contributed by atoms with van der Waals surface area (Å²) in [6.45, 7) is 6.70. The van der Waals surface area contributed by atoms with Gasteiger partial charge in [-0.1, -0.05) is 17.7 Å². The van der Waals surface area contributed by atoms with E-state index in [0.717, 1.165) is 18.6 Å². The zero-order valence-corrected chi connectivity index (χ0v) is 13.7. The first kappa shape index (κ1) is 15.9. The van der Waals surface area contributed by atoms with Gasteiger partial charge in [0.05, 0.1) is 6.61 Å². The van der Waals surface area contributed by atoms with Gasteiger partial charge in [-0.2, -0.15) is 0 Å². The van der Waals surface area contributed by atoms with Gasteiger partial charge in [-0.25, -0.2) is 0 Å². The zero-order valence-electron chi connectivity index (χ0n) is 12.9. The summed E-state index contributed by atoms with van der Waals surface area (Å²) in [6.07, 6.45) is 4.71. The van der Waals surface area contributed by atoms with Crippen LogP contribution in [0, 0.1) is 13.8 Å². The number of rotatable bonds is 8. The van der Waals surface area contributed by atoms with E-state index >= 15 is 0 Å². The van der Waals surface area contributed by atoms with Gasteiger partial charge in [0.2, 0.25) is 0 Å². The van der Waals surface area contributed by atoms with E-state index < -0.39 is 0 Å². The lowest BCUT2D eigenvalue weighted by atomic mass is 9.97. The molecule has 2 N–H and O–H groups in total. The Kier molecular flexibility index (Phi) is 5.53. The Balaban J connectivity index is 1.74. The van der Waals surface area contributed by atoms with Gasteiger partial charge >= 0.3 is 0 Å². The lowest BCUT2D eigenvalue weighted by Gasteiger charge is -2.29. The molecule has 112 valence electrons. The van der Waals surface area contributed by atoms with Gasteiger partial charge < -0.3 is 10.4 Å². The Morgan fingerprint density at radius 2 is 2.10 bits per heavy atom. The molecule has 3 heteroatoms. The number of hydrogen-bond donors (Lipinski definition) is 2. The summed E-state index contributed by atoms with van der Waals surface area (Å²) >= 11 is 1.93. The largest absolute Gasteiger partial charge is 0.394 e. The molecule has 1 aromatic rings. The molecule has 1 aromatic carbocycles. The molecule has 0 aromatic heterocycles. The summed E-state index contributed by atoms with van der Waals surface area (Å²) in [5.41, 5.74) is 2.61. The van der Waals surface area contributed by atoms with E-state index in [-0.39, 0.29) is 12.1 Å². The number of aliphatic hydroxyl groups is 1. The quantitative estimate of drug-likeness (QED) is 0.566. The van der Waals surface area contributed by atoms with E-state index in [9.17, 15) is 5.11 Å². The molecule has 0 radical (unpaired) electrons. The topological polar surface area (TPSA) is 32.3 Å². The van der Waals surface area contributed by atoms with Crippen LogP contribution in [0.1, 0.15) is 43.7 Å². The van der Waals surface area contributed by atoms with Crippen molar-refractivity contribution in [3.05, 3.63) is 29.3 Å². The summed E-state index contributed by atoms with van der Waals surface area (Å²) in [5.74, 6) is 1.12. The van der Waals surface area contributed by atoms with Gasteiger partial charge in [-0.05, 0) is 63.8 Å². The molecule has 20 heavy (non-hydrogen) atoms. The lowest BCUT2D eigenvalue weighted by molar-refractivity contribution is 0.163. The van der Waals surface area contributed by atoms with Gasteiger partial charge in [0, 0.05) is 16.5 Å². The van der Waals surface area contributed by atoms with Gasteiger partial charge in [-0.3, -0.25) is 0 Å². The van der Waals surface area contributed by atoms with Crippen molar-refractivity contribution in [2.75, 3.05) is 12.4 Å². The minimum Gasteiger partial charge on any atom is -0.394 e. The zero-order chi connectivity index (χ0) is 14.6. The van der Waals surface area contributed by atoms with Crippen LogP contribution in [0.5, 0.6) is 0 Å². The summed E-state index contributed by atoms with van der Waals surface area (Å²) in [7, 11) is 0. The van der Waals surface area contributed by atoms with Crippen LogP contribution < -0.4 is 5.32 Å². The fourth-order valence-electron chi connectivity index (χ4n) is 2.52. The average Bonchev–Trinajstić information content (AvgIpc) is 3.20. The Labute approximate surface area is 127 Å².